The fourth-order valence-electron chi connectivity index (χ4n) is 15.5. The standard InChI is InChI=1S/C58H58N2O14/c1-29(61)69-49-35(25-45(65)71-41-13-9-33-23-43-57(67)17-15-39(63)53-55(57,47(33)51(41)73-53)19-21-59(43)27-31-3-4-31)7-12-38-37(49)11-8-36(50(38)70-30(2)62)26-46(66)72-42-14-10-34-24-44-58(68)18-16-40(64)54-56(58,48(34)52(42)74-54)20-22-60(44)28-32-5-6-32/h7-14,31-32,43-44,53-54,67-68H,3-6,15-28H2,1-2H3/t43-,44-,53+,54+,55+,56+,57-,58-/m1/s1. The summed E-state index contributed by atoms with van der Waals surface area (Å²) >= 11 is 0. The SMILES string of the molecule is CC(=O)Oc1c(CC(=O)Oc2ccc3c4c2O[C@H]2C(=O)CC[C@@]5(O)[C@@H](C3)N(CC3CC3)CC[C@]425)ccc2c(OC(C)=O)c(CC(=O)Oc3ccc4c5c3O[C@H]3C(=O)CC[C@@]6(O)[C@@H](C4)N(CC4CC4)CC[C@]536)ccc12. The number of ketones is 2. The van der Waals surface area contributed by atoms with Gasteiger partial charge in [0.2, 0.25) is 0 Å². The molecule has 2 N–H and O–H groups in total. The summed E-state index contributed by atoms with van der Waals surface area (Å²) in [6.45, 7) is 5.77. The van der Waals surface area contributed by atoms with Crippen LogP contribution >= 0.6 is 0 Å². The zero-order valence-electron chi connectivity index (χ0n) is 41.5. The van der Waals surface area contributed by atoms with E-state index in [4.69, 9.17) is 28.4 Å². The average Bonchev–Trinajstić information content (AvgIpc) is 4.31. The van der Waals surface area contributed by atoms with Crippen LogP contribution in [0.1, 0.15) is 111 Å². The number of carbonyl (C=O) groups is 6. The van der Waals surface area contributed by atoms with E-state index in [0.717, 1.165) is 48.4 Å². The van der Waals surface area contributed by atoms with Crippen LogP contribution in [0.25, 0.3) is 10.8 Å². The van der Waals surface area contributed by atoms with E-state index >= 15 is 0 Å². The maximum atomic E-state index is 14.1. The van der Waals surface area contributed by atoms with Crippen molar-refractivity contribution in [2.75, 3.05) is 26.2 Å². The molecular formula is C58H58N2O14. The van der Waals surface area contributed by atoms with E-state index in [-0.39, 0.29) is 83.5 Å². The number of likely N-dealkylation sites (tertiary alicyclic amines) is 2. The average molecular weight is 1010 g/mol. The number of esters is 4. The van der Waals surface area contributed by atoms with Crippen LogP contribution < -0.4 is 28.4 Å². The van der Waals surface area contributed by atoms with E-state index in [1.165, 1.54) is 39.5 Å². The van der Waals surface area contributed by atoms with E-state index in [1.54, 1.807) is 36.4 Å². The predicted octanol–water partition coefficient (Wildman–Crippen LogP) is 5.25. The molecule has 4 saturated carbocycles. The molecule has 0 aromatic heterocycles. The number of benzene rings is 4. The van der Waals surface area contributed by atoms with Crippen molar-refractivity contribution in [1.82, 2.24) is 9.80 Å². The Balaban J connectivity index is 0.744. The molecule has 10 aliphatic rings. The summed E-state index contributed by atoms with van der Waals surface area (Å²) in [6, 6.07) is 13.3. The Morgan fingerprint density at radius 2 is 1.00 bits per heavy atom. The van der Waals surface area contributed by atoms with E-state index in [0.29, 0.717) is 72.6 Å². The van der Waals surface area contributed by atoms with Crippen molar-refractivity contribution >= 4 is 46.2 Å². The zero-order chi connectivity index (χ0) is 50.8. The molecule has 0 radical (unpaired) electrons. The predicted molar refractivity (Wildman–Crippen MR) is 262 cm³/mol. The molecule has 14 rings (SSSR count). The summed E-state index contributed by atoms with van der Waals surface area (Å²) in [5, 5.41) is 26.1. The summed E-state index contributed by atoms with van der Waals surface area (Å²) in [6.07, 6.45) is 5.60. The van der Waals surface area contributed by atoms with Gasteiger partial charge in [0.25, 0.3) is 0 Å². The Morgan fingerprint density at radius 1 is 0.581 bits per heavy atom. The van der Waals surface area contributed by atoms with Crippen molar-refractivity contribution in [3.63, 3.8) is 0 Å². The minimum atomic E-state index is -1.19. The number of hydrogen-bond donors (Lipinski definition) is 2. The van der Waals surface area contributed by atoms with Gasteiger partial charge in [-0.1, -0.05) is 36.4 Å². The lowest BCUT2D eigenvalue weighted by Gasteiger charge is -2.62. The second-order valence-corrected chi connectivity index (χ2v) is 23.1. The molecule has 0 amide bonds. The molecular weight excluding hydrogens is 949 g/mol. The smallest absolute Gasteiger partial charge is 0.315 e. The van der Waals surface area contributed by atoms with Gasteiger partial charge in [0.1, 0.15) is 11.5 Å². The highest BCUT2D eigenvalue weighted by Crippen LogP contribution is 2.67. The zero-order valence-corrected chi connectivity index (χ0v) is 41.5. The first-order valence-corrected chi connectivity index (χ1v) is 26.6. The quantitative estimate of drug-likeness (QED) is 0.137. The molecule has 6 aliphatic carbocycles. The molecule has 16 nitrogen and oxygen atoms in total. The minimum absolute atomic E-state index is 0.0236. The fraction of sp³-hybridized carbons (Fsp3) is 0.517. The van der Waals surface area contributed by atoms with Gasteiger partial charge < -0.3 is 38.6 Å². The van der Waals surface area contributed by atoms with Crippen molar-refractivity contribution < 1.29 is 67.4 Å². The molecule has 6 fully saturated rings. The molecule has 4 aromatic rings. The van der Waals surface area contributed by atoms with Crippen LogP contribution in [0.3, 0.4) is 0 Å². The summed E-state index contributed by atoms with van der Waals surface area (Å²) in [7, 11) is 0. The van der Waals surface area contributed by atoms with Crippen LogP contribution in [0.5, 0.6) is 34.5 Å². The maximum absolute atomic E-state index is 14.1. The Hall–Kier alpha value is -6.20. The van der Waals surface area contributed by atoms with Gasteiger partial charge in [-0.25, -0.2) is 0 Å². The number of fused-ring (bicyclic) bond motifs is 1. The van der Waals surface area contributed by atoms with Crippen molar-refractivity contribution in [2.45, 2.75) is 150 Å². The van der Waals surface area contributed by atoms with Crippen molar-refractivity contribution in [3.8, 4) is 34.5 Å². The van der Waals surface area contributed by atoms with Gasteiger partial charge in [0.05, 0.1) is 34.9 Å². The fourth-order valence-corrected chi connectivity index (χ4v) is 15.5. The van der Waals surface area contributed by atoms with Gasteiger partial charge in [-0.15, -0.1) is 0 Å². The first kappa shape index (κ1) is 46.3. The molecule has 8 atom stereocenters. The van der Waals surface area contributed by atoms with E-state index in [2.05, 4.69) is 9.80 Å². The van der Waals surface area contributed by atoms with Crippen LogP contribution in [0, 0.1) is 11.8 Å². The third kappa shape index (κ3) is 6.52. The molecule has 0 unspecified atom stereocenters. The molecule has 4 heterocycles. The highest BCUT2D eigenvalue weighted by atomic mass is 16.6. The molecule has 384 valence electrons. The molecule has 4 bridgehead atoms. The number of rotatable bonds is 12. The number of piperidine rings is 2. The highest BCUT2D eigenvalue weighted by molar-refractivity contribution is 5.99. The molecule has 4 aliphatic heterocycles. The third-order valence-corrected chi connectivity index (χ3v) is 19.0. The summed E-state index contributed by atoms with van der Waals surface area (Å²) in [5.74, 6) is -0.715. The summed E-state index contributed by atoms with van der Waals surface area (Å²) in [5.41, 5.74) is -0.231. The van der Waals surface area contributed by atoms with E-state index < -0.39 is 58.1 Å². The van der Waals surface area contributed by atoms with Crippen molar-refractivity contribution in [1.29, 1.82) is 0 Å². The second kappa shape index (κ2) is 16.2. The van der Waals surface area contributed by atoms with Gasteiger partial charge in [0.15, 0.2) is 46.8 Å². The van der Waals surface area contributed by atoms with E-state index in [9.17, 15) is 39.0 Å². The molecule has 4 aromatic carbocycles. The molecule has 74 heavy (non-hydrogen) atoms. The summed E-state index contributed by atoms with van der Waals surface area (Å²) < 4.78 is 36.8. The van der Waals surface area contributed by atoms with Crippen LogP contribution in [0.2, 0.25) is 0 Å². The number of ether oxygens (including phenoxy) is 6. The Bertz CT molecular complexity index is 3000. The number of hydrogen-bond acceptors (Lipinski definition) is 16. The van der Waals surface area contributed by atoms with Crippen LogP contribution in [-0.2, 0) is 65.3 Å². The first-order valence-electron chi connectivity index (χ1n) is 26.6. The Morgan fingerprint density at radius 3 is 1.39 bits per heavy atom. The van der Waals surface area contributed by atoms with Gasteiger partial charge in [-0.2, -0.15) is 0 Å². The van der Waals surface area contributed by atoms with Gasteiger partial charge in [-0.05, 0) is 112 Å². The third-order valence-electron chi connectivity index (χ3n) is 19.0. The van der Waals surface area contributed by atoms with Gasteiger partial charge >= 0.3 is 23.9 Å². The van der Waals surface area contributed by atoms with E-state index in [1.807, 2.05) is 12.1 Å². The minimum Gasteiger partial charge on any atom is -0.477 e. The number of carbonyl (C=O) groups excluding carboxylic acids is 6. The Labute approximate surface area is 426 Å². The van der Waals surface area contributed by atoms with Crippen LogP contribution in [0.4, 0.5) is 0 Å². The second-order valence-electron chi connectivity index (χ2n) is 23.1. The van der Waals surface area contributed by atoms with Gasteiger partial charge in [-0.3, -0.25) is 38.6 Å². The lowest BCUT2D eigenvalue weighted by atomic mass is 9.49. The number of nitrogens with zero attached hydrogens (tertiary/aromatic N) is 2. The summed E-state index contributed by atoms with van der Waals surface area (Å²) in [4.78, 5) is 85.8. The van der Waals surface area contributed by atoms with Crippen LogP contribution in [-0.4, -0.2) is 117 Å². The first-order chi connectivity index (χ1) is 35.6. The monoisotopic (exact) mass is 1010 g/mol. The normalized spacial score (nSPS) is 31.7. The molecule has 2 spiro atoms. The number of Topliss-reactive ketones (excluding diaryl/α,β-unsaturated/α-hetero) is 2. The lowest BCUT2D eigenvalue weighted by molar-refractivity contribution is -0.188. The topological polar surface area (TPSA) is 205 Å². The lowest BCUT2D eigenvalue weighted by Crippen LogP contribution is -2.76. The molecule has 16 heteroatoms. The van der Waals surface area contributed by atoms with Crippen LogP contribution in [0.15, 0.2) is 48.5 Å². The largest absolute Gasteiger partial charge is 0.477 e. The number of aliphatic hydroxyl groups is 2. The highest BCUT2D eigenvalue weighted by Gasteiger charge is 2.75. The van der Waals surface area contributed by atoms with Crippen molar-refractivity contribution in [2.24, 2.45) is 11.8 Å². The molecule has 2 saturated heterocycles. The Kier molecular flexibility index (Phi) is 10.1. The van der Waals surface area contributed by atoms with Crippen molar-refractivity contribution in [3.05, 3.63) is 81.9 Å². The van der Waals surface area contributed by atoms with Gasteiger partial charge in [0, 0.05) is 84.9 Å². The maximum Gasteiger partial charge on any atom is 0.315 e.